The minimum absolute atomic E-state index is 0.475. The highest BCUT2D eigenvalue weighted by Crippen LogP contribution is 2.24. The second-order valence-corrected chi connectivity index (χ2v) is 4.09. The van der Waals surface area contributed by atoms with E-state index in [0.717, 1.165) is 19.1 Å². The highest BCUT2D eigenvalue weighted by molar-refractivity contribution is 4.81. The molecule has 2 heteroatoms. The van der Waals surface area contributed by atoms with Crippen LogP contribution in [0.5, 0.6) is 0 Å². The van der Waals surface area contributed by atoms with Gasteiger partial charge in [-0.15, -0.1) is 0 Å². The second-order valence-electron chi connectivity index (χ2n) is 4.09. The molecule has 0 aromatic heterocycles. The second kappa shape index (κ2) is 5.61. The van der Waals surface area contributed by atoms with Gasteiger partial charge in [0.25, 0.3) is 0 Å². The number of rotatable bonds is 5. The van der Waals surface area contributed by atoms with Gasteiger partial charge >= 0.3 is 0 Å². The Morgan fingerprint density at radius 3 is 2.69 bits per heavy atom. The summed E-state index contributed by atoms with van der Waals surface area (Å²) in [6.45, 7) is 8.65. The average molecular weight is 185 g/mol. The molecule has 0 bridgehead atoms. The molecule has 1 rings (SSSR count). The summed E-state index contributed by atoms with van der Waals surface area (Å²) in [5, 5.41) is 3.57. The standard InChI is InChI=1S/C11H23NO/c1-4-6-11(12-5-2)10-7-9(3)13-8-10/h9-12H,4-8H2,1-3H3. The quantitative estimate of drug-likeness (QED) is 0.709. The van der Waals surface area contributed by atoms with Gasteiger partial charge in [-0.25, -0.2) is 0 Å². The number of ether oxygens (including phenoxy) is 1. The van der Waals surface area contributed by atoms with Crippen molar-refractivity contribution in [2.24, 2.45) is 5.92 Å². The van der Waals surface area contributed by atoms with Crippen molar-refractivity contribution in [3.63, 3.8) is 0 Å². The number of hydrogen-bond acceptors (Lipinski definition) is 2. The van der Waals surface area contributed by atoms with Gasteiger partial charge in [0.2, 0.25) is 0 Å². The molecule has 0 aliphatic carbocycles. The molecule has 13 heavy (non-hydrogen) atoms. The van der Waals surface area contributed by atoms with Crippen LogP contribution in [-0.4, -0.2) is 25.3 Å². The Kier molecular flexibility index (Phi) is 4.74. The fourth-order valence-corrected chi connectivity index (χ4v) is 2.21. The van der Waals surface area contributed by atoms with Crippen molar-refractivity contribution in [1.29, 1.82) is 0 Å². The van der Waals surface area contributed by atoms with Gasteiger partial charge in [-0.05, 0) is 26.3 Å². The lowest BCUT2D eigenvalue weighted by molar-refractivity contribution is 0.116. The van der Waals surface area contributed by atoms with E-state index < -0.39 is 0 Å². The van der Waals surface area contributed by atoms with Crippen molar-refractivity contribution in [3.05, 3.63) is 0 Å². The van der Waals surface area contributed by atoms with Crippen LogP contribution in [0, 0.1) is 5.92 Å². The Labute approximate surface area is 82.0 Å². The molecular weight excluding hydrogens is 162 g/mol. The zero-order valence-electron chi connectivity index (χ0n) is 9.18. The number of hydrogen-bond donors (Lipinski definition) is 1. The van der Waals surface area contributed by atoms with Crippen LogP contribution in [-0.2, 0) is 4.74 Å². The first-order valence-corrected chi connectivity index (χ1v) is 5.62. The first kappa shape index (κ1) is 11.0. The van der Waals surface area contributed by atoms with E-state index in [4.69, 9.17) is 4.74 Å². The monoisotopic (exact) mass is 185 g/mol. The van der Waals surface area contributed by atoms with Gasteiger partial charge in [0, 0.05) is 12.0 Å². The molecule has 3 unspecified atom stereocenters. The van der Waals surface area contributed by atoms with Gasteiger partial charge in [0.05, 0.1) is 12.7 Å². The molecule has 1 fully saturated rings. The Morgan fingerprint density at radius 1 is 1.46 bits per heavy atom. The van der Waals surface area contributed by atoms with Crippen molar-refractivity contribution in [3.8, 4) is 0 Å². The van der Waals surface area contributed by atoms with Gasteiger partial charge < -0.3 is 10.1 Å². The minimum Gasteiger partial charge on any atom is -0.378 e. The van der Waals surface area contributed by atoms with Crippen LogP contribution in [0.4, 0.5) is 0 Å². The van der Waals surface area contributed by atoms with Gasteiger partial charge in [-0.1, -0.05) is 20.3 Å². The summed E-state index contributed by atoms with van der Waals surface area (Å²) in [7, 11) is 0. The summed E-state index contributed by atoms with van der Waals surface area (Å²) in [6.07, 6.45) is 4.26. The molecule has 0 amide bonds. The summed E-state index contributed by atoms with van der Waals surface area (Å²) in [5.74, 6) is 0.745. The minimum atomic E-state index is 0.475. The highest BCUT2D eigenvalue weighted by atomic mass is 16.5. The van der Waals surface area contributed by atoms with Gasteiger partial charge in [0.1, 0.15) is 0 Å². The molecule has 1 saturated heterocycles. The van der Waals surface area contributed by atoms with E-state index in [1.165, 1.54) is 19.3 Å². The SMILES string of the molecule is CCCC(NCC)C1COC(C)C1. The molecule has 0 saturated carbocycles. The van der Waals surface area contributed by atoms with Crippen molar-refractivity contribution < 1.29 is 4.74 Å². The molecule has 0 aromatic carbocycles. The third kappa shape index (κ3) is 3.28. The van der Waals surface area contributed by atoms with Crippen molar-refractivity contribution in [1.82, 2.24) is 5.32 Å². The fraction of sp³-hybridized carbons (Fsp3) is 1.00. The molecule has 1 aliphatic rings. The smallest absolute Gasteiger partial charge is 0.0551 e. The Hall–Kier alpha value is -0.0800. The van der Waals surface area contributed by atoms with E-state index in [-0.39, 0.29) is 0 Å². The summed E-state index contributed by atoms with van der Waals surface area (Å²) < 4.78 is 5.60. The van der Waals surface area contributed by atoms with Crippen LogP contribution in [0.2, 0.25) is 0 Å². The maximum atomic E-state index is 5.60. The van der Waals surface area contributed by atoms with E-state index in [0.29, 0.717) is 12.1 Å². The largest absolute Gasteiger partial charge is 0.378 e. The van der Waals surface area contributed by atoms with Crippen molar-refractivity contribution in [2.75, 3.05) is 13.2 Å². The van der Waals surface area contributed by atoms with E-state index >= 15 is 0 Å². The van der Waals surface area contributed by atoms with Crippen LogP contribution < -0.4 is 5.32 Å². The summed E-state index contributed by atoms with van der Waals surface area (Å²) >= 11 is 0. The third-order valence-corrected chi connectivity index (χ3v) is 2.86. The van der Waals surface area contributed by atoms with Crippen LogP contribution >= 0.6 is 0 Å². The van der Waals surface area contributed by atoms with Gasteiger partial charge in [-0.3, -0.25) is 0 Å². The van der Waals surface area contributed by atoms with E-state index in [1.807, 2.05) is 0 Å². The van der Waals surface area contributed by atoms with E-state index in [9.17, 15) is 0 Å². The number of nitrogens with one attached hydrogen (secondary N) is 1. The molecule has 1 N–H and O–H groups in total. The average Bonchev–Trinajstić information content (AvgIpc) is 2.51. The van der Waals surface area contributed by atoms with Crippen LogP contribution in [0.3, 0.4) is 0 Å². The zero-order chi connectivity index (χ0) is 9.68. The normalized spacial score (nSPS) is 30.7. The first-order valence-electron chi connectivity index (χ1n) is 5.62. The summed E-state index contributed by atoms with van der Waals surface area (Å²) in [5.41, 5.74) is 0. The molecule has 3 atom stereocenters. The maximum absolute atomic E-state index is 5.60. The summed E-state index contributed by atoms with van der Waals surface area (Å²) in [6, 6.07) is 0.681. The third-order valence-electron chi connectivity index (χ3n) is 2.86. The molecule has 1 heterocycles. The predicted octanol–water partition coefficient (Wildman–Crippen LogP) is 2.19. The lowest BCUT2D eigenvalue weighted by Gasteiger charge is -2.22. The molecular formula is C11H23NO. The Balaban J connectivity index is 2.35. The molecule has 0 aromatic rings. The Morgan fingerprint density at radius 2 is 2.23 bits per heavy atom. The molecule has 0 spiro atoms. The first-order chi connectivity index (χ1) is 6.27. The zero-order valence-corrected chi connectivity index (χ0v) is 9.18. The Bertz CT molecular complexity index is 132. The van der Waals surface area contributed by atoms with Crippen LogP contribution in [0.1, 0.15) is 40.0 Å². The molecule has 78 valence electrons. The summed E-state index contributed by atoms with van der Waals surface area (Å²) in [4.78, 5) is 0. The van der Waals surface area contributed by atoms with Crippen LogP contribution in [0.15, 0.2) is 0 Å². The van der Waals surface area contributed by atoms with Gasteiger partial charge in [-0.2, -0.15) is 0 Å². The van der Waals surface area contributed by atoms with Crippen molar-refractivity contribution >= 4 is 0 Å². The molecule has 2 nitrogen and oxygen atoms in total. The van der Waals surface area contributed by atoms with E-state index in [1.54, 1.807) is 0 Å². The predicted molar refractivity (Wildman–Crippen MR) is 55.9 cm³/mol. The van der Waals surface area contributed by atoms with Crippen molar-refractivity contribution in [2.45, 2.75) is 52.2 Å². The maximum Gasteiger partial charge on any atom is 0.0551 e. The topological polar surface area (TPSA) is 21.3 Å². The highest BCUT2D eigenvalue weighted by Gasteiger charge is 2.28. The van der Waals surface area contributed by atoms with E-state index in [2.05, 4.69) is 26.1 Å². The lowest BCUT2D eigenvalue weighted by atomic mass is 9.93. The lowest BCUT2D eigenvalue weighted by Crippen LogP contribution is -2.36. The fourth-order valence-electron chi connectivity index (χ4n) is 2.21. The van der Waals surface area contributed by atoms with Crippen LogP contribution in [0.25, 0.3) is 0 Å². The molecule has 0 radical (unpaired) electrons. The molecule has 1 aliphatic heterocycles. The van der Waals surface area contributed by atoms with Gasteiger partial charge in [0.15, 0.2) is 0 Å².